The molecule has 0 unspecified atom stereocenters. The molecule has 4 nitrogen and oxygen atoms in total. The van der Waals surface area contributed by atoms with E-state index in [0.29, 0.717) is 11.6 Å². The van der Waals surface area contributed by atoms with Crippen molar-refractivity contribution < 1.29 is 4.74 Å². The van der Waals surface area contributed by atoms with E-state index in [-0.39, 0.29) is 0 Å². The minimum atomic E-state index is 0.339. The fraction of sp³-hybridized carbons (Fsp3) is 0.0769. The highest BCUT2D eigenvalue weighted by Crippen LogP contribution is 2.20. The molecule has 0 radical (unpaired) electrons. The number of benzene rings is 1. The number of imidazole rings is 1. The topological polar surface area (TPSA) is 39.4 Å². The number of hydrogen-bond acceptors (Lipinski definition) is 3. The minimum absolute atomic E-state index is 0.339. The number of fused-ring (bicyclic) bond motifs is 1. The van der Waals surface area contributed by atoms with Gasteiger partial charge in [0, 0.05) is 11.2 Å². The Morgan fingerprint density at radius 2 is 2.00 bits per heavy atom. The monoisotopic (exact) mass is 337 g/mol. The van der Waals surface area contributed by atoms with E-state index in [9.17, 15) is 0 Å². The molecule has 19 heavy (non-hydrogen) atoms. The molecule has 0 aliphatic carbocycles. The molecule has 3 rings (SSSR count). The molecule has 2 aromatic heterocycles. The predicted molar refractivity (Wildman–Crippen MR) is 76.5 cm³/mol. The molecule has 0 saturated heterocycles. The lowest BCUT2D eigenvalue weighted by molar-refractivity contribution is 0.293. The van der Waals surface area contributed by atoms with Crippen molar-refractivity contribution in [2.75, 3.05) is 0 Å². The van der Waals surface area contributed by atoms with Gasteiger partial charge in [-0.3, -0.25) is 0 Å². The Hall–Kier alpha value is -1.59. The zero-order chi connectivity index (χ0) is 13.2. The first kappa shape index (κ1) is 12.4. The molecule has 96 valence electrons. The standard InChI is InChI=1S/C13H9BrClN3O/c14-13-11-2-1-7-16-18(11)12(17-13)8-19-10-5-3-9(15)4-6-10/h1-7H,8H2. The second kappa shape index (κ2) is 5.19. The summed E-state index contributed by atoms with van der Waals surface area (Å²) in [5.41, 5.74) is 0.914. The Balaban J connectivity index is 1.84. The van der Waals surface area contributed by atoms with Crippen LogP contribution in [0.3, 0.4) is 0 Å². The van der Waals surface area contributed by atoms with Gasteiger partial charge < -0.3 is 4.74 Å². The van der Waals surface area contributed by atoms with E-state index in [1.165, 1.54) is 0 Å². The molecular formula is C13H9BrClN3O. The summed E-state index contributed by atoms with van der Waals surface area (Å²) in [7, 11) is 0. The third kappa shape index (κ3) is 2.57. The van der Waals surface area contributed by atoms with E-state index >= 15 is 0 Å². The molecule has 0 atom stereocenters. The summed E-state index contributed by atoms with van der Waals surface area (Å²) in [5, 5.41) is 4.93. The highest BCUT2D eigenvalue weighted by atomic mass is 79.9. The van der Waals surface area contributed by atoms with Gasteiger partial charge in [-0.15, -0.1) is 0 Å². The molecule has 6 heteroatoms. The molecule has 0 fully saturated rings. The molecule has 0 spiro atoms. The van der Waals surface area contributed by atoms with Crippen molar-refractivity contribution in [3.8, 4) is 5.75 Å². The highest BCUT2D eigenvalue weighted by Gasteiger charge is 2.09. The molecule has 1 aromatic carbocycles. The van der Waals surface area contributed by atoms with Crippen LogP contribution in [-0.4, -0.2) is 14.6 Å². The van der Waals surface area contributed by atoms with Crippen LogP contribution in [0.25, 0.3) is 5.52 Å². The second-order valence-corrected chi connectivity index (χ2v) is 5.07. The number of aromatic nitrogens is 3. The van der Waals surface area contributed by atoms with Crippen molar-refractivity contribution >= 4 is 33.0 Å². The summed E-state index contributed by atoms with van der Waals surface area (Å²) < 4.78 is 8.18. The number of hydrogen-bond donors (Lipinski definition) is 0. The lowest BCUT2D eigenvalue weighted by atomic mass is 10.3. The molecule has 0 N–H and O–H groups in total. The lowest BCUT2D eigenvalue weighted by Crippen LogP contribution is -2.03. The van der Waals surface area contributed by atoms with Crippen LogP contribution in [0.1, 0.15) is 5.82 Å². The smallest absolute Gasteiger partial charge is 0.169 e. The van der Waals surface area contributed by atoms with E-state index in [4.69, 9.17) is 16.3 Å². The Bertz CT molecular complexity index is 711. The summed E-state index contributed by atoms with van der Waals surface area (Å²) in [4.78, 5) is 4.39. The van der Waals surface area contributed by atoms with Crippen LogP contribution in [0.15, 0.2) is 47.2 Å². The quantitative estimate of drug-likeness (QED) is 0.730. The molecule has 3 aromatic rings. The average molecular weight is 339 g/mol. The van der Waals surface area contributed by atoms with Crippen LogP contribution in [-0.2, 0) is 6.61 Å². The molecule has 0 aliphatic rings. The summed E-state index contributed by atoms with van der Waals surface area (Å²) >= 11 is 9.23. The van der Waals surface area contributed by atoms with E-state index < -0.39 is 0 Å². The zero-order valence-corrected chi connectivity index (χ0v) is 12.1. The fourth-order valence-electron chi connectivity index (χ4n) is 1.72. The molecule has 2 heterocycles. The third-order valence-corrected chi connectivity index (χ3v) is 3.45. The van der Waals surface area contributed by atoms with Crippen molar-refractivity contribution in [3.05, 3.63) is 58.0 Å². The van der Waals surface area contributed by atoms with Crippen molar-refractivity contribution in [3.63, 3.8) is 0 Å². The maximum absolute atomic E-state index is 5.82. The van der Waals surface area contributed by atoms with Gasteiger partial charge in [0.1, 0.15) is 17.0 Å². The van der Waals surface area contributed by atoms with Crippen LogP contribution in [0.2, 0.25) is 5.02 Å². The van der Waals surface area contributed by atoms with E-state index in [2.05, 4.69) is 26.0 Å². The first-order chi connectivity index (χ1) is 9.24. The van der Waals surface area contributed by atoms with Gasteiger partial charge >= 0.3 is 0 Å². The van der Waals surface area contributed by atoms with E-state index in [1.54, 1.807) is 22.8 Å². The van der Waals surface area contributed by atoms with E-state index in [1.807, 2.05) is 24.3 Å². The predicted octanol–water partition coefficient (Wildman–Crippen LogP) is 3.72. The molecule has 0 saturated carbocycles. The highest BCUT2D eigenvalue weighted by molar-refractivity contribution is 9.10. The molecule has 0 bridgehead atoms. The van der Waals surface area contributed by atoms with Crippen LogP contribution < -0.4 is 4.74 Å². The van der Waals surface area contributed by atoms with Crippen LogP contribution in [0.5, 0.6) is 5.75 Å². The Morgan fingerprint density at radius 1 is 1.21 bits per heavy atom. The van der Waals surface area contributed by atoms with Gasteiger partial charge in [-0.2, -0.15) is 5.10 Å². The Kier molecular flexibility index (Phi) is 3.40. The fourth-order valence-corrected chi connectivity index (χ4v) is 2.35. The first-order valence-corrected chi connectivity index (χ1v) is 6.77. The molecular weight excluding hydrogens is 330 g/mol. The normalized spacial score (nSPS) is 10.8. The first-order valence-electron chi connectivity index (χ1n) is 5.60. The second-order valence-electron chi connectivity index (χ2n) is 3.88. The minimum Gasteiger partial charge on any atom is -0.486 e. The van der Waals surface area contributed by atoms with Crippen molar-refractivity contribution in [1.29, 1.82) is 0 Å². The summed E-state index contributed by atoms with van der Waals surface area (Å²) in [5.74, 6) is 1.48. The number of halogens is 2. The van der Waals surface area contributed by atoms with E-state index in [0.717, 1.165) is 21.7 Å². The van der Waals surface area contributed by atoms with Gasteiger partial charge in [0.2, 0.25) is 0 Å². The summed E-state index contributed by atoms with van der Waals surface area (Å²) in [6.07, 6.45) is 1.72. The molecule has 0 aliphatic heterocycles. The Morgan fingerprint density at radius 3 is 2.79 bits per heavy atom. The van der Waals surface area contributed by atoms with Gasteiger partial charge in [0.25, 0.3) is 0 Å². The average Bonchev–Trinajstić information content (AvgIpc) is 2.76. The van der Waals surface area contributed by atoms with Gasteiger partial charge in [-0.25, -0.2) is 9.50 Å². The van der Waals surface area contributed by atoms with Gasteiger partial charge in [0.15, 0.2) is 5.82 Å². The number of nitrogens with zero attached hydrogens (tertiary/aromatic N) is 3. The SMILES string of the molecule is Clc1ccc(OCc2nc(Br)c3cccnn23)cc1. The molecule has 0 amide bonds. The third-order valence-electron chi connectivity index (χ3n) is 2.62. The zero-order valence-electron chi connectivity index (χ0n) is 9.75. The largest absolute Gasteiger partial charge is 0.486 e. The maximum atomic E-state index is 5.82. The number of ether oxygens (including phenoxy) is 1. The van der Waals surface area contributed by atoms with Gasteiger partial charge in [-0.1, -0.05) is 11.6 Å². The van der Waals surface area contributed by atoms with Gasteiger partial charge in [0.05, 0.1) is 5.52 Å². The number of rotatable bonds is 3. The van der Waals surface area contributed by atoms with Gasteiger partial charge in [-0.05, 0) is 52.3 Å². The van der Waals surface area contributed by atoms with Crippen molar-refractivity contribution in [2.24, 2.45) is 0 Å². The maximum Gasteiger partial charge on any atom is 0.169 e. The van der Waals surface area contributed by atoms with Crippen LogP contribution in [0, 0.1) is 0 Å². The van der Waals surface area contributed by atoms with Crippen molar-refractivity contribution in [1.82, 2.24) is 14.6 Å². The lowest BCUT2D eigenvalue weighted by Gasteiger charge is -2.04. The van der Waals surface area contributed by atoms with Crippen LogP contribution >= 0.6 is 27.5 Å². The Labute approximate surface area is 123 Å². The van der Waals surface area contributed by atoms with Crippen molar-refractivity contribution in [2.45, 2.75) is 6.61 Å². The summed E-state index contributed by atoms with van der Waals surface area (Å²) in [6, 6.07) is 11.0. The summed E-state index contributed by atoms with van der Waals surface area (Å²) in [6.45, 7) is 0.339. The van der Waals surface area contributed by atoms with Crippen LogP contribution in [0.4, 0.5) is 0 Å².